The first-order chi connectivity index (χ1) is 16.4. The van der Waals surface area contributed by atoms with Crippen molar-refractivity contribution in [2.24, 2.45) is 5.92 Å². The molecule has 0 radical (unpaired) electrons. The minimum atomic E-state index is -1.09. The normalized spacial score (nSPS) is 21.6. The van der Waals surface area contributed by atoms with Gasteiger partial charge >= 0.3 is 0 Å². The molecule has 2 aliphatic rings. The molecule has 0 aliphatic carbocycles. The third-order valence-corrected chi connectivity index (χ3v) is 5.99. The zero-order valence-corrected chi connectivity index (χ0v) is 17.9. The molecular formula is C24H19N3O7. The van der Waals surface area contributed by atoms with E-state index in [9.17, 15) is 24.8 Å². The van der Waals surface area contributed by atoms with E-state index >= 15 is 0 Å². The molecule has 1 N–H and O–H groups in total. The van der Waals surface area contributed by atoms with Crippen molar-refractivity contribution in [1.82, 2.24) is 0 Å². The van der Waals surface area contributed by atoms with E-state index in [1.165, 1.54) is 42.5 Å². The van der Waals surface area contributed by atoms with Crippen molar-refractivity contribution in [1.29, 1.82) is 0 Å². The highest BCUT2D eigenvalue weighted by atomic mass is 16.7. The second-order valence-corrected chi connectivity index (χ2v) is 7.87. The topological polar surface area (TPSA) is 122 Å². The Morgan fingerprint density at radius 1 is 0.971 bits per heavy atom. The lowest BCUT2D eigenvalue weighted by Crippen LogP contribution is -2.37. The number of fused-ring (bicyclic) bond motifs is 1. The minimum Gasteiger partial charge on any atom is -0.504 e. The summed E-state index contributed by atoms with van der Waals surface area (Å²) in [6, 6.07) is 18.3. The Kier molecular flexibility index (Phi) is 5.14. The van der Waals surface area contributed by atoms with E-state index in [0.29, 0.717) is 11.3 Å². The number of carbonyl (C=O) groups excluding carboxylic acids is 2. The molecule has 10 nitrogen and oxygen atoms in total. The van der Waals surface area contributed by atoms with Crippen LogP contribution in [-0.4, -0.2) is 35.1 Å². The number of nitro benzene ring substituents is 1. The number of anilines is 2. The number of benzene rings is 3. The summed E-state index contributed by atoms with van der Waals surface area (Å²) in [5.41, 5.74) is 1.34. The van der Waals surface area contributed by atoms with Crippen molar-refractivity contribution in [3.8, 4) is 11.5 Å². The number of rotatable bonds is 5. The fraction of sp³-hybridized carbons (Fsp3) is 0.167. The van der Waals surface area contributed by atoms with Crippen LogP contribution in [0.3, 0.4) is 0 Å². The number of phenols is 1. The van der Waals surface area contributed by atoms with E-state index in [4.69, 9.17) is 9.57 Å². The molecule has 172 valence electrons. The van der Waals surface area contributed by atoms with E-state index in [1.807, 2.05) is 18.2 Å². The largest absolute Gasteiger partial charge is 0.504 e. The maximum atomic E-state index is 13.6. The van der Waals surface area contributed by atoms with Crippen LogP contribution >= 0.6 is 0 Å². The van der Waals surface area contributed by atoms with Crippen LogP contribution in [0.25, 0.3) is 0 Å². The number of carbonyl (C=O) groups is 2. The standard InChI is InChI=1S/C24H19N3O7/c1-33-19-13-14(7-12-18(19)28)21-20-22(34-26(21)16-5-3-2-4-6-16)24(30)25(23(20)29)15-8-10-17(11-9-15)27(31)32/h2-13,20-22,28H,1H3/t20-,21-,22+/m1/s1. The maximum absolute atomic E-state index is 13.6. The summed E-state index contributed by atoms with van der Waals surface area (Å²) < 4.78 is 5.24. The number of ether oxygens (including phenoxy) is 1. The first-order valence-electron chi connectivity index (χ1n) is 10.4. The average molecular weight is 461 g/mol. The van der Waals surface area contributed by atoms with Gasteiger partial charge in [0.25, 0.3) is 11.6 Å². The number of non-ortho nitro benzene ring substituents is 1. The van der Waals surface area contributed by atoms with Crippen LogP contribution in [0.15, 0.2) is 72.8 Å². The second-order valence-electron chi connectivity index (χ2n) is 7.87. The number of aromatic hydroxyl groups is 1. The fourth-order valence-electron chi connectivity index (χ4n) is 4.41. The molecule has 0 aromatic heterocycles. The molecule has 2 fully saturated rings. The Bertz CT molecular complexity index is 1280. The van der Waals surface area contributed by atoms with Gasteiger partial charge in [-0.2, -0.15) is 0 Å². The lowest BCUT2D eigenvalue weighted by molar-refractivity contribution is -0.384. The van der Waals surface area contributed by atoms with Gasteiger partial charge in [0.05, 0.1) is 29.4 Å². The first kappa shape index (κ1) is 21.4. The molecule has 0 saturated carbocycles. The number of para-hydroxylation sites is 1. The van der Waals surface area contributed by atoms with Gasteiger partial charge in [0, 0.05) is 12.1 Å². The highest BCUT2D eigenvalue weighted by molar-refractivity contribution is 6.24. The molecule has 2 aliphatic heterocycles. The highest BCUT2D eigenvalue weighted by Gasteiger charge is 2.60. The molecule has 0 unspecified atom stereocenters. The van der Waals surface area contributed by atoms with Gasteiger partial charge in [-0.15, -0.1) is 0 Å². The van der Waals surface area contributed by atoms with Gasteiger partial charge in [-0.25, -0.2) is 9.96 Å². The van der Waals surface area contributed by atoms with Gasteiger partial charge in [0.15, 0.2) is 17.6 Å². The molecule has 0 spiro atoms. The number of hydrogen-bond acceptors (Lipinski definition) is 8. The van der Waals surface area contributed by atoms with Crippen molar-refractivity contribution in [2.75, 3.05) is 17.1 Å². The summed E-state index contributed by atoms with van der Waals surface area (Å²) in [5.74, 6) is -1.78. The number of nitrogens with zero attached hydrogens (tertiary/aromatic N) is 3. The van der Waals surface area contributed by atoms with Crippen molar-refractivity contribution in [3.63, 3.8) is 0 Å². The van der Waals surface area contributed by atoms with Crippen LogP contribution < -0.4 is 14.7 Å². The van der Waals surface area contributed by atoms with E-state index in [0.717, 1.165) is 4.90 Å². The Labute approximate surface area is 193 Å². The van der Waals surface area contributed by atoms with Crippen LogP contribution in [0.1, 0.15) is 11.6 Å². The third-order valence-electron chi connectivity index (χ3n) is 5.99. The number of imide groups is 1. The Balaban J connectivity index is 1.57. The SMILES string of the molecule is COc1cc([C@@H]2[C@H]3C(=O)N(c4ccc([N+](=O)[O-])cc4)C(=O)[C@H]3ON2c2ccccc2)ccc1O. The van der Waals surface area contributed by atoms with E-state index in [1.54, 1.807) is 24.3 Å². The van der Waals surface area contributed by atoms with Crippen LogP contribution in [0.2, 0.25) is 0 Å². The molecule has 0 bridgehead atoms. The molecule has 34 heavy (non-hydrogen) atoms. The van der Waals surface area contributed by atoms with Gasteiger partial charge < -0.3 is 9.84 Å². The molecule has 2 amide bonds. The molecule has 5 rings (SSSR count). The van der Waals surface area contributed by atoms with Gasteiger partial charge in [-0.1, -0.05) is 24.3 Å². The number of nitro groups is 1. The summed E-state index contributed by atoms with van der Waals surface area (Å²) in [6.45, 7) is 0. The average Bonchev–Trinajstić information content (AvgIpc) is 3.36. The van der Waals surface area contributed by atoms with Gasteiger partial charge in [0.1, 0.15) is 5.92 Å². The van der Waals surface area contributed by atoms with Crippen molar-refractivity contribution in [3.05, 3.63) is 88.5 Å². The molecule has 2 heterocycles. The van der Waals surface area contributed by atoms with Crippen molar-refractivity contribution >= 4 is 28.9 Å². The van der Waals surface area contributed by atoms with Crippen LogP contribution in [0, 0.1) is 16.0 Å². The quantitative estimate of drug-likeness (QED) is 0.349. The molecule has 10 heteroatoms. The lowest BCUT2D eigenvalue weighted by atomic mass is 9.90. The van der Waals surface area contributed by atoms with Crippen molar-refractivity contribution < 1.29 is 29.2 Å². The van der Waals surface area contributed by atoms with Crippen LogP contribution in [0.4, 0.5) is 17.1 Å². The fourth-order valence-corrected chi connectivity index (χ4v) is 4.41. The molecular weight excluding hydrogens is 442 g/mol. The predicted octanol–water partition coefficient (Wildman–Crippen LogP) is 3.36. The zero-order chi connectivity index (χ0) is 24.0. The second kappa shape index (κ2) is 8.16. The first-order valence-corrected chi connectivity index (χ1v) is 10.4. The number of methoxy groups -OCH3 is 1. The monoisotopic (exact) mass is 461 g/mol. The van der Waals surface area contributed by atoms with E-state index in [2.05, 4.69) is 0 Å². The van der Waals surface area contributed by atoms with E-state index in [-0.39, 0.29) is 22.9 Å². The zero-order valence-electron chi connectivity index (χ0n) is 17.9. The molecule has 2 saturated heterocycles. The number of phenolic OH excluding ortho intramolecular Hbond substituents is 1. The van der Waals surface area contributed by atoms with Crippen LogP contribution in [0.5, 0.6) is 11.5 Å². The highest BCUT2D eigenvalue weighted by Crippen LogP contribution is 2.48. The number of amides is 2. The molecule has 3 aromatic rings. The van der Waals surface area contributed by atoms with E-state index < -0.39 is 34.8 Å². The van der Waals surface area contributed by atoms with Gasteiger partial charge in [-0.3, -0.25) is 24.5 Å². The Morgan fingerprint density at radius 3 is 2.32 bits per heavy atom. The van der Waals surface area contributed by atoms with Gasteiger partial charge in [0.2, 0.25) is 5.91 Å². The summed E-state index contributed by atoms with van der Waals surface area (Å²) in [5, 5.41) is 22.6. The maximum Gasteiger partial charge on any atom is 0.269 e. The smallest absolute Gasteiger partial charge is 0.269 e. The summed E-state index contributed by atoms with van der Waals surface area (Å²) in [6.07, 6.45) is -1.09. The Morgan fingerprint density at radius 2 is 1.68 bits per heavy atom. The molecule has 3 aromatic carbocycles. The number of hydrogen-bond donors (Lipinski definition) is 1. The lowest BCUT2D eigenvalue weighted by Gasteiger charge is -2.29. The molecule has 3 atom stereocenters. The summed E-state index contributed by atoms with van der Waals surface area (Å²) >= 11 is 0. The number of hydroxylamine groups is 1. The van der Waals surface area contributed by atoms with Crippen molar-refractivity contribution in [2.45, 2.75) is 12.1 Å². The predicted molar refractivity (Wildman–Crippen MR) is 120 cm³/mol. The Hall–Kier alpha value is -4.44. The minimum absolute atomic E-state index is 0.0608. The summed E-state index contributed by atoms with van der Waals surface area (Å²) in [7, 11) is 1.42. The third kappa shape index (κ3) is 3.32. The van der Waals surface area contributed by atoms with Crippen LogP contribution in [-0.2, 0) is 14.4 Å². The van der Waals surface area contributed by atoms with Gasteiger partial charge in [-0.05, 0) is 42.0 Å². The summed E-state index contributed by atoms with van der Waals surface area (Å²) in [4.78, 5) is 44.4.